The van der Waals surface area contributed by atoms with Crippen molar-refractivity contribution < 1.29 is 46.6 Å². The monoisotopic (exact) mass is 311 g/mol. The van der Waals surface area contributed by atoms with Crippen LogP contribution in [0.15, 0.2) is 0 Å². The molecular weight excluding hydrogens is 308 g/mol. The van der Waals surface area contributed by atoms with Crippen molar-refractivity contribution in [1.82, 2.24) is 0 Å². The standard InChI is InChI=1S/C3H3F6NO5S2/c1-10(11,16(12,13)2(4,5)6)17(14,15)3(7,8)9/h1H3. The highest BCUT2D eigenvalue weighted by molar-refractivity contribution is 7.99. The first kappa shape index (κ1) is 16.4. The Hall–Kier alpha value is -0.600. The van der Waals surface area contributed by atoms with Crippen molar-refractivity contribution in [3.63, 3.8) is 0 Å². The predicted octanol–water partition coefficient (Wildman–Crippen LogP) is 0.630. The van der Waals surface area contributed by atoms with Gasteiger partial charge in [-0.3, -0.25) is 0 Å². The summed E-state index contributed by atoms with van der Waals surface area (Å²) >= 11 is 0. The molecule has 0 aliphatic heterocycles. The number of quaternary nitrogens is 1. The summed E-state index contributed by atoms with van der Waals surface area (Å²) in [5.74, 6) is 0. The van der Waals surface area contributed by atoms with E-state index in [1.807, 2.05) is 0 Å². The van der Waals surface area contributed by atoms with E-state index in [2.05, 4.69) is 0 Å². The zero-order valence-corrected chi connectivity index (χ0v) is 9.21. The second-order valence-corrected chi connectivity index (χ2v) is 7.06. The van der Waals surface area contributed by atoms with Gasteiger partial charge < -0.3 is 5.21 Å². The maximum absolute atomic E-state index is 11.8. The Balaban J connectivity index is 6.14. The van der Waals surface area contributed by atoms with Crippen molar-refractivity contribution in [1.29, 1.82) is 0 Å². The molecule has 17 heavy (non-hydrogen) atoms. The number of sulfonamides is 2. The highest BCUT2D eigenvalue weighted by Gasteiger charge is 2.67. The van der Waals surface area contributed by atoms with E-state index in [1.165, 1.54) is 0 Å². The van der Waals surface area contributed by atoms with E-state index in [0.29, 0.717) is 0 Å². The Bertz CT molecular complexity index is 451. The van der Waals surface area contributed by atoms with Gasteiger partial charge in [0.15, 0.2) is 0 Å². The smallest absolute Gasteiger partial charge is 0.551 e. The third kappa shape index (κ3) is 2.21. The maximum atomic E-state index is 11.8. The topological polar surface area (TPSA) is 91.3 Å². The minimum Gasteiger partial charge on any atom is -0.601 e. The molecule has 0 atom stereocenters. The van der Waals surface area contributed by atoms with Crippen LogP contribution in [0, 0.1) is 5.21 Å². The Morgan fingerprint density at radius 2 is 1.00 bits per heavy atom. The quantitative estimate of drug-likeness (QED) is 0.424. The van der Waals surface area contributed by atoms with Gasteiger partial charge in [-0.15, -0.1) is 3.46 Å². The van der Waals surface area contributed by atoms with E-state index in [4.69, 9.17) is 0 Å². The highest BCUT2D eigenvalue weighted by Crippen LogP contribution is 2.39. The zero-order chi connectivity index (χ0) is 14.5. The summed E-state index contributed by atoms with van der Waals surface area (Å²) in [5, 5.41) is 10.8. The van der Waals surface area contributed by atoms with Gasteiger partial charge in [0.25, 0.3) is 0 Å². The van der Waals surface area contributed by atoms with Crippen LogP contribution in [0.1, 0.15) is 0 Å². The molecule has 0 saturated carbocycles. The van der Waals surface area contributed by atoms with Crippen LogP contribution in [0.25, 0.3) is 0 Å². The molecule has 0 aromatic heterocycles. The largest absolute Gasteiger partial charge is 0.601 e. The molecule has 0 aromatic carbocycles. The molecule has 0 radical (unpaired) electrons. The average Bonchev–Trinajstić information content (AvgIpc) is 1.98. The molecule has 104 valence electrons. The van der Waals surface area contributed by atoms with Gasteiger partial charge in [0.2, 0.25) is 0 Å². The molecule has 0 aromatic rings. The molecule has 0 saturated heterocycles. The number of rotatable bonds is 2. The van der Waals surface area contributed by atoms with Crippen LogP contribution in [-0.2, 0) is 20.0 Å². The van der Waals surface area contributed by atoms with Crippen molar-refractivity contribution in [3.8, 4) is 0 Å². The third-order valence-electron chi connectivity index (χ3n) is 1.46. The Labute approximate surface area is 90.7 Å². The first-order valence-corrected chi connectivity index (χ1v) is 6.08. The minimum atomic E-state index is -7.14. The van der Waals surface area contributed by atoms with Crippen molar-refractivity contribution in [2.45, 2.75) is 11.0 Å². The number of alkyl halides is 6. The molecule has 0 heterocycles. The zero-order valence-electron chi connectivity index (χ0n) is 7.57. The lowest BCUT2D eigenvalue weighted by Gasteiger charge is -2.34. The van der Waals surface area contributed by atoms with Gasteiger partial charge in [-0.25, -0.2) is 0 Å². The molecule has 6 nitrogen and oxygen atoms in total. The van der Waals surface area contributed by atoms with Crippen molar-refractivity contribution in [2.24, 2.45) is 0 Å². The van der Waals surface area contributed by atoms with Crippen LogP contribution in [0.3, 0.4) is 0 Å². The SMILES string of the molecule is C[N+]([O-])(S(=O)(=O)C(F)(F)F)S(=O)(=O)C(F)(F)F. The van der Waals surface area contributed by atoms with Gasteiger partial charge in [0.1, 0.15) is 0 Å². The number of hydrogen-bond donors (Lipinski definition) is 0. The molecule has 0 N–H and O–H groups in total. The number of hydrogen-bond acceptors (Lipinski definition) is 5. The molecular formula is C3H3F6NO5S2. The molecule has 0 rings (SSSR count). The summed E-state index contributed by atoms with van der Waals surface area (Å²) < 4.78 is 108. The van der Waals surface area contributed by atoms with E-state index in [0.717, 1.165) is 0 Å². The predicted molar refractivity (Wildman–Crippen MR) is 39.5 cm³/mol. The Morgan fingerprint density at radius 3 is 1.12 bits per heavy atom. The highest BCUT2D eigenvalue weighted by atomic mass is 32.3. The minimum absolute atomic E-state index is 0.786. The Kier molecular flexibility index (Phi) is 3.56. The van der Waals surface area contributed by atoms with Crippen LogP contribution in [-0.4, -0.2) is 38.4 Å². The average molecular weight is 311 g/mol. The van der Waals surface area contributed by atoms with Gasteiger partial charge in [-0.2, -0.15) is 43.2 Å². The van der Waals surface area contributed by atoms with Gasteiger partial charge in [-0.05, 0) is 0 Å². The molecule has 0 unspecified atom stereocenters. The summed E-state index contributed by atoms with van der Waals surface area (Å²) in [7, 11) is -15.1. The first-order chi connectivity index (χ1) is 7.00. The van der Waals surface area contributed by atoms with Crippen LogP contribution in [0.5, 0.6) is 0 Å². The van der Waals surface area contributed by atoms with Crippen LogP contribution in [0.4, 0.5) is 26.3 Å². The Morgan fingerprint density at radius 1 is 0.824 bits per heavy atom. The van der Waals surface area contributed by atoms with Gasteiger partial charge in [-0.1, -0.05) is 0 Å². The lowest BCUT2D eigenvalue weighted by atomic mass is 11.5. The second kappa shape index (κ2) is 3.69. The molecule has 0 spiro atoms. The number of halogens is 6. The molecule has 0 amide bonds. The fraction of sp³-hybridized carbons (Fsp3) is 1.00. The van der Waals surface area contributed by atoms with Crippen molar-refractivity contribution in [3.05, 3.63) is 5.21 Å². The summed E-state index contributed by atoms with van der Waals surface area (Å²) in [5.41, 5.74) is -12.9. The van der Waals surface area contributed by atoms with Gasteiger partial charge in [0, 0.05) is 0 Å². The second-order valence-electron chi connectivity index (χ2n) is 2.61. The molecule has 0 bridgehead atoms. The fourth-order valence-corrected chi connectivity index (χ4v) is 2.80. The maximum Gasteiger partial charge on any atom is 0.551 e. The van der Waals surface area contributed by atoms with E-state index in [9.17, 15) is 48.4 Å². The summed E-state index contributed by atoms with van der Waals surface area (Å²) in [6.07, 6.45) is 0. The van der Waals surface area contributed by atoms with Crippen molar-refractivity contribution in [2.75, 3.05) is 7.05 Å². The van der Waals surface area contributed by atoms with Gasteiger partial charge in [0.05, 0.1) is 7.05 Å². The summed E-state index contributed by atoms with van der Waals surface area (Å²) in [6.45, 7) is 0. The summed E-state index contributed by atoms with van der Waals surface area (Å²) in [4.78, 5) is 0. The lowest BCUT2D eigenvalue weighted by Crippen LogP contribution is -2.57. The van der Waals surface area contributed by atoms with Crippen LogP contribution in [0.2, 0.25) is 0 Å². The molecule has 0 fully saturated rings. The first-order valence-electron chi connectivity index (χ1n) is 3.20. The third-order valence-corrected chi connectivity index (χ3v) is 5.55. The van der Waals surface area contributed by atoms with E-state index < -0.39 is 41.6 Å². The van der Waals surface area contributed by atoms with Gasteiger partial charge >= 0.3 is 31.1 Å². The lowest BCUT2D eigenvalue weighted by molar-refractivity contribution is -0.594. The van der Waals surface area contributed by atoms with E-state index in [1.54, 1.807) is 0 Å². The molecule has 0 aliphatic carbocycles. The van der Waals surface area contributed by atoms with E-state index in [-0.39, 0.29) is 0 Å². The number of nitrogens with zero attached hydrogens (tertiary/aromatic N) is 1. The van der Waals surface area contributed by atoms with Crippen LogP contribution < -0.4 is 0 Å². The van der Waals surface area contributed by atoms with Crippen LogP contribution >= 0.6 is 0 Å². The molecule has 0 aliphatic rings. The molecule has 14 heteroatoms. The van der Waals surface area contributed by atoms with E-state index >= 15 is 0 Å². The summed E-state index contributed by atoms with van der Waals surface area (Å²) in [6, 6.07) is 0. The normalized spacial score (nSPS) is 16.0. The fourth-order valence-electron chi connectivity index (χ4n) is 0.505. The number of hydroxylamine groups is 1. The van der Waals surface area contributed by atoms with Crippen molar-refractivity contribution >= 4 is 20.0 Å².